The standard InChI is InChI=1S/C17H18N2O3/c1-21-15-5-2-12(3-6-15)11-18-17(20)19-14-4-7-16-13(10-14)8-9-22-16/h2-7,10H,8-9,11H2,1H3,(H2,18,19,20). The van der Waals surface area contributed by atoms with Crippen molar-refractivity contribution >= 4 is 11.7 Å². The first-order valence-electron chi connectivity index (χ1n) is 7.18. The zero-order chi connectivity index (χ0) is 15.4. The SMILES string of the molecule is COc1ccc(CNC(=O)Nc2ccc3c(c2)CCO3)cc1. The van der Waals surface area contributed by atoms with E-state index in [-0.39, 0.29) is 6.03 Å². The third-order valence-corrected chi connectivity index (χ3v) is 3.56. The van der Waals surface area contributed by atoms with Gasteiger partial charge in [0.15, 0.2) is 0 Å². The minimum atomic E-state index is -0.227. The molecule has 0 spiro atoms. The molecule has 22 heavy (non-hydrogen) atoms. The lowest BCUT2D eigenvalue weighted by molar-refractivity contribution is 0.251. The summed E-state index contributed by atoms with van der Waals surface area (Å²) in [6, 6.07) is 13.0. The number of methoxy groups -OCH3 is 1. The van der Waals surface area contributed by atoms with Crippen LogP contribution in [0.1, 0.15) is 11.1 Å². The highest BCUT2D eigenvalue weighted by molar-refractivity contribution is 5.89. The summed E-state index contributed by atoms with van der Waals surface area (Å²) in [5.41, 5.74) is 2.92. The Morgan fingerprint density at radius 2 is 2.05 bits per heavy atom. The molecule has 3 rings (SSSR count). The van der Waals surface area contributed by atoms with E-state index in [1.807, 2.05) is 42.5 Å². The number of rotatable bonds is 4. The Hall–Kier alpha value is -2.69. The maximum absolute atomic E-state index is 11.9. The molecule has 0 aliphatic carbocycles. The van der Waals surface area contributed by atoms with Crippen LogP contribution in [0.25, 0.3) is 0 Å². The zero-order valence-electron chi connectivity index (χ0n) is 12.4. The van der Waals surface area contributed by atoms with E-state index in [4.69, 9.17) is 9.47 Å². The van der Waals surface area contributed by atoms with Crippen molar-refractivity contribution < 1.29 is 14.3 Å². The van der Waals surface area contributed by atoms with Crippen LogP contribution in [0.2, 0.25) is 0 Å². The van der Waals surface area contributed by atoms with Crippen LogP contribution < -0.4 is 20.1 Å². The minimum Gasteiger partial charge on any atom is -0.497 e. The summed E-state index contributed by atoms with van der Waals surface area (Å²) >= 11 is 0. The first kappa shape index (κ1) is 14.3. The van der Waals surface area contributed by atoms with Gasteiger partial charge in [-0.15, -0.1) is 0 Å². The molecule has 2 aromatic rings. The van der Waals surface area contributed by atoms with Gasteiger partial charge in [-0.05, 0) is 41.5 Å². The Balaban J connectivity index is 1.53. The Bertz CT molecular complexity index is 668. The number of urea groups is 1. The monoisotopic (exact) mass is 298 g/mol. The number of carbonyl (C=O) groups is 1. The van der Waals surface area contributed by atoms with E-state index in [1.165, 1.54) is 0 Å². The van der Waals surface area contributed by atoms with Crippen LogP contribution in [0.15, 0.2) is 42.5 Å². The van der Waals surface area contributed by atoms with Gasteiger partial charge in [-0.1, -0.05) is 12.1 Å². The highest BCUT2D eigenvalue weighted by Gasteiger charge is 2.12. The Labute approximate surface area is 129 Å². The summed E-state index contributed by atoms with van der Waals surface area (Å²) in [6.07, 6.45) is 0.887. The van der Waals surface area contributed by atoms with Crippen LogP contribution in [-0.2, 0) is 13.0 Å². The molecule has 1 aliphatic rings. The van der Waals surface area contributed by atoms with E-state index < -0.39 is 0 Å². The second-order valence-electron chi connectivity index (χ2n) is 5.08. The third-order valence-electron chi connectivity index (χ3n) is 3.56. The second-order valence-corrected chi connectivity index (χ2v) is 5.08. The van der Waals surface area contributed by atoms with Gasteiger partial charge in [-0.2, -0.15) is 0 Å². The normalized spacial score (nSPS) is 12.2. The van der Waals surface area contributed by atoms with Crippen molar-refractivity contribution in [1.29, 1.82) is 0 Å². The smallest absolute Gasteiger partial charge is 0.319 e. The number of amides is 2. The molecule has 0 bridgehead atoms. The minimum absolute atomic E-state index is 0.227. The first-order chi connectivity index (χ1) is 10.7. The van der Waals surface area contributed by atoms with Gasteiger partial charge in [0.05, 0.1) is 13.7 Å². The van der Waals surface area contributed by atoms with Crippen LogP contribution in [0.3, 0.4) is 0 Å². The van der Waals surface area contributed by atoms with E-state index >= 15 is 0 Å². The Kier molecular flexibility index (Phi) is 4.14. The summed E-state index contributed by atoms with van der Waals surface area (Å²) < 4.78 is 10.5. The van der Waals surface area contributed by atoms with Gasteiger partial charge in [0.2, 0.25) is 0 Å². The second kappa shape index (κ2) is 6.39. The van der Waals surface area contributed by atoms with Crippen molar-refractivity contribution in [3.8, 4) is 11.5 Å². The van der Waals surface area contributed by atoms with Crippen molar-refractivity contribution in [3.63, 3.8) is 0 Å². The quantitative estimate of drug-likeness (QED) is 0.912. The van der Waals surface area contributed by atoms with Crippen LogP contribution in [0.4, 0.5) is 10.5 Å². The largest absolute Gasteiger partial charge is 0.497 e. The Morgan fingerprint density at radius 1 is 1.23 bits per heavy atom. The average Bonchev–Trinajstić information content (AvgIpc) is 3.01. The van der Waals surface area contributed by atoms with Crippen LogP contribution in [0.5, 0.6) is 11.5 Å². The molecule has 2 amide bonds. The molecular weight excluding hydrogens is 280 g/mol. The first-order valence-corrected chi connectivity index (χ1v) is 7.18. The summed E-state index contributed by atoms with van der Waals surface area (Å²) in [6.45, 7) is 1.17. The lowest BCUT2D eigenvalue weighted by atomic mass is 10.1. The summed E-state index contributed by atoms with van der Waals surface area (Å²) in [5, 5.41) is 5.66. The predicted molar refractivity (Wildman–Crippen MR) is 84.5 cm³/mol. The molecule has 0 atom stereocenters. The molecule has 0 saturated heterocycles. The summed E-state index contributed by atoms with van der Waals surface area (Å²) in [5.74, 6) is 1.71. The lowest BCUT2D eigenvalue weighted by Gasteiger charge is -2.09. The van der Waals surface area contributed by atoms with E-state index in [0.29, 0.717) is 13.2 Å². The molecular formula is C17H18N2O3. The van der Waals surface area contributed by atoms with E-state index in [2.05, 4.69) is 10.6 Å². The summed E-state index contributed by atoms with van der Waals surface area (Å²) in [7, 11) is 1.63. The van der Waals surface area contributed by atoms with Gasteiger partial charge in [0.25, 0.3) is 0 Å². The molecule has 0 aromatic heterocycles. The van der Waals surface area contributed by atoms with Gasteiger partial charge < -0.3 is 20.1 Å². The fourth-order valence-electron chi connectivity index (χ4n) is 2.37. The average molecular weight is 298 g/mol. The molecule has 0 saturated carbocycles. The number of nitrogens with one attached hydrogen (secondary N) is 2. The van der Waals surface area contributed by atoms with Crippen molar-refractivity contribution in [3.05, 3.63) is 53.6 Å². The van der Waals surface area contributed by atoms with Crippen LogP contribution in [-0.4, -0.2) is 19.7 Å². The number of fused-ring (bicyclic) bond motifs is 1. The highest BCUT2D eigenvalue weighted by Crippen LogP contribution is 2.27. The van der Waals surface area contributed by atoms with Gasteiger partial charge >= 0.3 is 6.03 Å². The molecule has 1 aliphatic heterocycles. The summed E-state index contributed by atoms with van der Waals surface area (Å²) in [4.78, 5) is 11.9. The van der Waals surface area contributed by atoms with Crippen LogP contribution in [0, 0.1) is 0 Å². The fraction of sp³-hybridized carbons (Fsp3) is 0.235. The van der Waals surface area contributed by atoms with Crippen molar-refractivity contribution in [2.75, 3.05) is 19.0 Å². The molecule has 2 N–H and O–H groups in total. The zero-order valence-corrected chi connectivity index (χ0v) is 12.4. The number of ether oxygens (including phenoxy) is 2. The maximum Gasteiger partial charge on any atom is 0.319 e. The molecule has 114 valence electrons. The lowest BCUT2D eigenvalue weighted by Crippen LogP contribution is -2.28. The van der Waals surface area contributed by atoms with Gasteiger partial charge in [0.1, 0.15) is 11.5 Å². The Morgan fingerprint density at radius 3 is 2.82 bits per heavy atom. The number of hydrogen-bond acceptors (Lipinski definition) is 3. The number of hydrogen-bond donors (Lipinski definition) is 2. The molecule has 2 aromatic carbocycles. The predicted octanol–water partition coefficient (Wildman–Crippen LogP) is 2.95. The van der Waals surface area contributed by atoms with Crippen molar-refractivity contribution in [2.45, 2.75) is 13.0 Å². The molecule has 0 unspecified atom stereocenters. The molecule has 1 heterocycles. The highest BCUT2D eigenvalue weighted by atomic mass is 16.5. The number of benzene rings is 2. The maximum atomic E-state index is 11.9. The van der Waals surface area contributed by atoms with Gasteiger partial charge in [-0.3, -0.25) is 0 Å². The molecule has 5 nitrogen and oxygen atoms in total. The van der Waals surface area contributed by atoms with Crippen LogP contribution >= 0.6 is 0 Å². The van der Waals surface area contributed by atoms with Gasteiger partial charge in [0, 0.05) is 18.7 Å². The fourth-order valence-corrected chi connectivity index (χ4v) is 2.37. The van der Waals surface area contributed by atoms with Gasteiger partial charge in [-0.25, -0.2) is 4.79 Å². The van der Waals surface area contributed by atoms with E-state index in [1.54, 1.807) is 7.11 Å². The number of carbonyl (C=O) groups excluding carboxylic acids is 1. The van der Waals surface area contributed by atoms with Crippen molar-refractivity contribution in [2.24, 2.45) is 0 Å². The number of anilines is 1. The molecule has 5 heteroatoms. The topological polar surface area (TPSA) is 59.6 Å². The van der Waals surface area contributed by atoms with E-state index in [9.17, 15) is 4.79 Å². The molecule has 0 radical (unpaired) electrons. The van der Waals surface area contributed by atoms with Crippen molar-refractivity contribution in [1.82, 2.24) is 5.32 Å². The molecule has 0 fully saturated rings. The third kappa shape index (κ3) is 3.31. The van der Waals surface area contributed by atoms with E-state index in [0.717, 1.165) is 34.7 Å².